The van der Waals surface area contributed by atoms with Gasteiger partial charge >= 0.3 is 0 Å². The van der Waals surface area contributed by atoms with Crippen LogP contribution in [-0.2, 0) is 9.53 Å². The van der Waals surface area contributed by atoms with E-state index in [9.17, 15) is 9.90 Å². The van der Waals surface area contributed by atoms with Gasteiger partial charge in [-0.15, -0.1) is 0 Å². The Labute approximate surface area is 161 Å². The molecular weight excluding hydrogens is 336 g/mol. The zero-order chi connectivity index (χ0) is 19.4. The fraction of sp³-hybridized carbons (Fsp3) is 0.292. The molecule has 0 aliphatic heterocycles. The third-order valence-corrected chi connectivity index (χ3v) is 4.78. The van der Waals surface area contributed by atoms with E-state index in [2.05, 4.69) is 0 Å². The van der Waals surface area contributed by atoms with Crippen LogP contribution in [0.2, 0.25) is 0 Å². The zero-order valence-electron chi connectivity index (χ0n) is 16.1. The number of rotatable bonds is 6. The molecule has 27 heavy (non-hydrogen) atoms. The fourth-order valence-electron chi connectivity index (χ4n) is 3.12. The SMILES string of the molecule is CC(C)(C)C(O)CCOC1=CC(=O)C(c2ccccc2)=C1c1ccccc1. The largest absolute Gasteiger partial charge is 0.493 e. The highest BCUT2D eigenvalue weighted by Crippen LogP contribution is 2.38. The van der Waals surface area contributed by atoms with E-state index in [1.54, 1.807) is 6.08 Å². The lowest BCUT2D eigenvalue weighted by atomic mass is 9.87. The van der Waals surface area contributed by atoms with Gasteiger partial charge < -0.3 is 9.84 Å². The van der Waals surface area contributed by atoms with Gasteiger partial charge in [0.05, 0.1) is 12.7 Å². The topological polar surface area (TPSA) is 46.5 Å². The van der Waals surface area contributed by atoms with E-state index in [1.807, 2.05) is 81.4 Å². The van der Waals surface area contributed by atoms with Gasteiger partial charge in [-0.05, 0) is 16.5 Å². The Morgan fingerprint density at radius 2 is 1.41 bits per heavy atom. The highest BCUT2D eigenvalue weighted by atomic mass is 16.5. The van der Waals surface area contributed by atoms with Gasteiger partial charge in [0.2, 0.25) is 0 Å². The minimum absolute atomic E-state index is 0.0496. The third-order valence-electron chi connectivity index (χ3n) is 4.78. The maximum absolute atomic E-state index is 12.8. The summed E-state index contributed by atoms with van der Waals surface area (Å²) >= 11 is 0. The number of aliphatic hydroxyl groups excluding tert-OH is 1. The number of ether oxygens (including phenoxy) is 1. The molecule has 2 aromatic rings. The Morgan fingerprint density at radius 3 is 1.93 bits per heavy atom. The van der Waals surface area contributed by atoms with E-state index in [1.165, 1.54) is 0 Å². The lowest BCUT2D eigenvalue weighted by Crippen LogP contribution is -2.27. The van der Waals surface area contributed by atoms with Gasteiger partial charge in [0.1, 0.15) is 5.76 Å². The van der Waals surface area contributed by atoms with E-state index in [4.69, 9.17) is 4.74 Å². The third kappa shape index (κ3) is 4.37. The molecule has 0 aromatic heterocycles. The second kappa shape index (κ2) is 7.93. The normalized spacial score (nSPS) is 15.7. The van der Waals surface area contributed by atoms with Crippen LogP contribution in [0.15, 0.2) is 72.5 Å². The van der Waals surface area contributed by atoms with Gasteiger partial charge in [-0.2, -0.15) is 0 Å². The molecule has 0 saturated heterocycles. The minimum Gasteiger partial charge on any atom is -0.493 e. The molecule has 0 spiro atoms. The number of benzene rings is 2. The number of hydrogen-bond acceptors (Lipinski definition) is 3. The van der Waals surface area contributed by atoms with Crippen molar-refractivity contribution in [3.63, 3.8) is 0 Å². The molecule has 1 aliphatic rings. The van der Waals surface area contributed by atoms with Gasteiger partial charge in [-0.25, -0.2) is 0 Å². The van der Waals surface area contributed by atoms with Crippen molar-refractivity contribution in [2.75, 3.05) is 6.61 Å². The Balaban J connectivity index is 1.91. The van der Waals surface area contributed by atoms with Gasteiger partial charge in [-0.3, -0.25) is 4.79 Å². The zero-order valence-corrected chi connectivity index (χ0v) is 16.1. The molecule has 1 atom stereocenters. The number of carbonyl (C=O) groups excluding carboxylic acids is 1. The van der Waals surface area contributed by atoms with E-state index in [0.29, 0.717) is 24.4 Å². The molecule has 0 amide bonds. The summed E-state index contributed by atoms with van der Waals surface area (Å²) in [7, 11) is 0. The van der Waals surface area contributed by atoms with E-state index >= 15 is 0 Å². The maximum Gasteiger partial charge on any atom is 0.190 e. The first-order valence-electron chi connectivity index (χ1n) is 9.30. The molecule has 1 unspecified atom stereocenters. The van der Waals surface area contributed by atoms with Crippen LogP contribution in [0, 0.1) is 5.41 Å². The Kier molecular flexibility index (Phi) is 5.62. The Hall–Kier alpha value is -2.65. The summed E-state index contributed by atoms with van der Waals surface area (Å²) in [6.45, 7) is 6.35. The van der Waals surface area contributed by atoms with Gasteiger partial charge in [-0.1, -0.05) is 81.4 Å². The first kappa shape index (κ1) is 19.1. The molecule has 1 aliphatic carbocycles. The van der Waals surface area contributed by atoms with Crippen LogP contribution in [0.5, 0.6) is 0 Å². The summed E-state index contributed by atoms with van der Waals surface area (Å²) in [6.07, 6.45) is 1.61. The molecule has 3 nitrogen and oxygen atoms in total. The van der Waals surface area contributed by atoms with Crippen LogP contribution < -0.4 is 0 Å². The first-order chi connectivity index (χ1) is 12.9. The number of ketones is 1. The van der Waals surface area contributed by atoms with E-state index < -0.39 is 6.10 Å². The molecule has 0 radical (unpaired) electrons. The summed E-state index contributed by atoms with van der Waals surface area (Å²) in [4.78, 5) is 12.8. The van der Waals surface area contributed by atoms with Gasteiger partial charge in [0, 0.05) is 23.6 Å². The molecule has 140 valence electrons. The van der Waals surface area contributed by atoms with Crippen LogP contribution in [0.25, 0.3) is 11.1 Å². The monoisotopic (exact) mass is 362 g/mol. The Bertz CT molecular complexity index is 856. The molecule has 0 fully saturated rings. The fourth-order valence-corrected chi connectivity index (χ4v) is 3.12. The molecule has 3 heteroatoms. The van der Waals surface area contributed by atoms with Crippen molar-refractivity contribution in [2.24, 2.45) is 5.41 Å². The van der Waals surface area contributed by atoms with Crippen molar-refractivity contribution in [2.45, 2.75) is 33.3 Å². The highest BCUT2D eigenvalue weighted by molar-refractivity contribution is 6.37. The number of hydrogen-bond donors (Lipinski definition) is 1. The van der Waals surface area contributed by atoms with Crippen molar-refractivity contribution in [1.82, 2.24) is 0 Å². The van der Waals surface area contributed by atoms with Crippen molar-refractivity contribution in [3.05, 3.63) is 83.6 Å². The summed E-state index contributed by atoms with van der Waals surface area (Å²) in [6, 6.07) is 19.5. The molecular formula is C24H26O3. The predicted molar refractivity (Wildman–Crippen MR) is 109 cm³/mol. The van der Waals surface area contributed by atoms with Crippen molar-refractivity contribution < 1.29 is 14.6 Å². The van der Waals surface area contributed by atoms with Crippen LogP contribution in [0.3, 0.4) is 0 Å². The summed E-state index contributed by atoms with van der Waals surface area (Å²) in [5, 5.41) is 10.2. The summed E-state index contributed by atoms with van der Waals surface area (Å²) in [5.41, 5.74) is 3.11. The molecule has 1 N–H and O–H groups in total. The number of aliphatic hydroxyl groups is 1. The predicted octanol–water partition coefficient (Wildman–Crippen LogP) is 4.88. The average molecular weight is 362 g/mol. The summed E-state index contributed by atoms with van der Waals surface area (Å²) in [5.74, 6) is 0.526. The second-order valence-corrected chi connectivity index (χ2v) is 7.87. The van der Waals surface area contributed by atoms with Crippen molar-refractivity contribution in [3.8, 4) is 0 Å². The van der Waals surface area contributed by atoms with Gasteiger partial charge in [0.25, 0.3) is 0 Å². The minimum atomic E-state index is -0.465. The van der Waals surface area contributed by atoms with E-state index in [0.717, 1.165) is 16.7 Å². The molecule has 0 bridgehead atoms. The highest BCUT2D eigenvalue weighted by Gasteiger charge is 2.29. The number of allylic oxidation sites excluding steroid dienone is 3. The van der Waals surface area contributed by atoms with E-state index in [-0.39, 0.29) is 11.2 Å². The van der Waals surface area contributed by atoms with Crippen LogP contribution in [-0.4, -0.2) is 23.6 Å². The van der Waals surface area contributed by atoms with Crippen LogP contribution >= 0.6 is 0 Å². The second-order valence-electron chi connectivity index (χ2n) is 7.87. The molecule has 0 heterocycles. The smallest absolute Gasteiger partial charge is 0.190 e. The lowest BCUT2D eigenvalue weighted by Gasteiger charge is -2.26. The lowest BCUT2D eigenvalue weighted by molar-refractivity contribution is -0.109. The van der Waals surface area contributed by atoms with Crippen LogP contribution in [0.1, 0.15) is 38.3 Å². The van der Waals surface area contributed by atoms with Crippen molar-refractivity contribution in [1.29, 1.82) is 0 Å². The van der Waals surface area contributed by atoms with Gasteiger partial charge in [0.15, 0.2) is 5.78 Å². The maximum atomic E-state index is 12.8. The van der Waals surface area contributed by atoms with Crippen LogP contribution in [0.4, 0.5) is 0 Å². The quantitative estimate of drug-likeness (QED) is 0.797. The Morgan fingerprint density at radius 1 is 0.889 bits per heavy atom. The molecule has 2 aromatic carbocycles. The molecule has 0 saturated carbocycles. The summed E-state index contributed by atoms with van der Waals surface area (Å²) < 4.78 is 5.98. The molecule has 3 rings (SSSR count). The first-order valence-corrected chi connectivity index (χ1v) is 9.30. The van der Waals surface area contributed by atoms with Crippen molar-refractivity contribution >= 4 is 16.9 Å². The number of carbonyl (C=O) groups is 1. The standard InChI is InChI=1S/C24H26O3/c1-24(2,3)21(26)14-15-27-20-16-19(25)22(17-10-6-4-7-11-17)23(20)18-12-8-5-9-13-18/h4-13,16,21,26H,14-15H2,1-3H3. The average Bonchev–Trinajstić information content (AvgIpc) is 2.98.